The van der Waals surface area contributed by atoms with Crippen molar-refractivity contribution in [1.29, 1.82) is 0 Å². The van der Waals surface area contributed by atoms with Crippen LogP contribution in [0.5, 0.6) is 0 Å². The minimum Gasteiger partial charge on any atom is -0.383 e. The van der Waals surface area contributed by atoms with Gasteiger partial charge in [-0.15, -0.1) is 0 Å². The molecule has 0 radical (unpaired) electrons. The van der Waals surface area contributed by atoms with Gasteiger partial charge < -0.3 is 10.2 Å². The molecule has 18 heavy (non-hydrogen) atoms. The van der Waals surface area contributed by atoms with Crippen LogP contribution in [-0.2, 0) is 0 Å². The van der Waals surface area contributed by atoms with Crippen molar-refractivity contribution in [2.45, 2.75) is 12.8 Å². The molecule has 1 heterocycles. The van der Waals surface area contributed by atoms with Gasteiger partial charge in [-0.25, -0.2) is 0 Å². The zero-order valence-corrected chi connectivity index (χ0v) is 11.1. The highest BCUT2D eigenvalue weighted by atomic mass is 15.1. The van der Waals surface area contributed by atoms with E-state index in [-0.39, 0.29) is 0 Å². The van der Waals surface area contributed by atoms with Gasteiger partial charge in [-0.3, -0.25) is 0 Å². The highest BCUT2D eigenvalue weighted by Gasteiger charge is 2.01. The van der Waals surface area contributed by atoms with Gasteiger partial charge in [0.25, 0.3) is 0 Å². The summed E-state index contributed by atoms with van der Waals surface area (Å²) in [5.41, 5.74) is 2.02. The molecule has 0 aliphatic heterocycles. The summed E-state index contributed by atoms with van der Waals surface area (Å²) in [6.07, 6.45) is 4.17. The average Bonchev–Trinajstić information content (AvgIpc) is 2.38. The maximum absolute atomic E-state index is 4.11. The van der Waals surface area contributed by atoms with Crippen molar-refractivity contribution >= 4 is 16.6 Å². The molecular formula is C14H20N4. The Morgan fingerprint density at radius 2 is 2.00 bits per heavy atom. The summed E-state index contributed by atoms with van der Waals surface area (Å²) in [4.78, 5) is 2.21. The fourth-order valence-electron chi connectivity index (χ4n) is 1.92. The van der Waals surface area contributed by atoms with Gasteiger partial charge in [-0.1, -0.05) is 18.2 Å². The molecule has 96 valence electrons. The van der Waals surface area contributed by atoms with Crippen LogP contribution in [-0.4, -0.2) is 42.3 Å². The summed E-state index contributed by atoms with van der Waals surface area (Å²) >= 11 is 0. The highest BCUT2D eigenvalue weighted by molar-refractivity contribution is 5.90. The van der Waals surface area contributed by atoms with Crippen molar-refractivity contribution in [1.82, 2.24) is 15.1 Å². The number of hydrogen-bond acceptors (Lipinski definition) is 4. The third-order valence-corrected chi connectivity index (χ3v) is 2.89. The van der Waals surface area contributed by atoms with Crippen LogP contribution in [0.15, 0.2) is 30.5 Å². The van der Waals surface area contributed by atoms with E-state index < -0.39 is 0 Å². The minimum absolute atomic E-state index is 0.941. The maximum Gasteiger partial charge on any atom is 0.0950 e. The van der Waals surface area contributed by atoms with Gasteiger partial charge in [-0.2, -0.15) is 10.2 Å². The molecule has 0 aliphatic carbocycles. The number of nitrogens with zero attached hydrogens (tertiary/aromatic N) is 3. The van der Waals surface area contributed by atoms with Crippen LogP contribution < -0.4 is 5.32 Å². The first-order valence-corrected chi connectivity index (χ1v) is 6.36. The molecule has 0 saturated heterocycles. The number of nitrogens with one attached hydrogen (secondary N) is 1. The fourth-order valence-corrected chi connectivity index (χ4v) is 1.92. The molecule has 4 heteroatoms. The molecule has 4 nitrogen and oxygen atoms in total. The first-order chi connectivity index (χ1) is 8.77. The van der Waals surface area contributed by atoms with E-state index in [1.54, 1.807) is 6.20 Å². The number of hydrogen-bond donors (Lipinski definition) is 1. The van der Waals surface area contributed by atoms with E-state index in [1.165, 1.54) is 6.42 Å². The van der Waals surface area contributed by atoms with Crippen molar-refractivity contribution in [2.24, 2.45) is 0 Å². The van der Waals surface area contributed by atoms with Gasteiger partial charge in [0, 0.05) is 11.9 Å². The Morgan fingerprint density at radius 3 is 2.83 bits per heavy atom. The van der Waals surface area contributed by atoms with E-state index >= 15 is 0 Å². The van der Waals surface area contributed by atoms with Crippen molar-refractivity contribution in [3.8, 4) is 0 Å². The summed E-state index contributed by atoms with van der Waals surface area (Å²) in [6, 6.07) is 8.07. The second kappa shape index (κ2) is 6.31. The van der Waals surface area contributed by atoms with Crippen LogP contribution in [0.25, 0.3) is 10.9 Å². The van der Waals surface area contributed by atoms with Crippen molar-refractivity contribution in [2.75, 3.05) is 32.5 Å². The monoisotopic (exact) mass is 244 g/mol. The lowest BCUT2D eigenvalue weighted by Gasteiger charge is -2.10. The molecule has 2 aromatic rings. The predicted molar refractivity (Wildman–Crippen MR) is 75.8 cm³/mol. The van der Waals surface area contributed by atoms with Crippen LogP contribution >= 0.6 is 0 Å². The minimum atomic E-state index is 0.941. The van der Waals surface area contributed by atoms with E-state index in [0.717, 1.165) is 36.1 Å². The summed E-state index contributed by atoms with van der Waals surface area (Å²) in [6.45, 7) is 2.11. The smallest absolute Gasteiger partial charge is 0.0950 e. The largest absolute Gasteiger partial charge is 0.383 e. The lowest BCUT2D eigenvalue weighted by atomic mass is 10.2. The second-order valence-electron chi connectivity index (χ2n) is 4.71. The zero-order chi connectivity index (χ0) is 12.8. The van der Waals surface area contributed by atoms with Crippen molar-refractivity contribution < 1.29 is 0 Å². The zero-order valence-electron chi connectivity index (χ0n) is 11.1. The fraction of sp³-hybridized carbons (Fsp3) is 0.429. The van der Waals surface area contributed by atoms with Gasteiger partial charge in [0.2, 0.25) is 0 Å². The first kappa shape index (κ1) is 12.8. The standard InChI is InChI=1S/C14H20N4/c1-18(2)10-6-5-9-15-14-11-16-17-13-8-4-3-7-12(13)14/h3-4,7-8,11H,5-6,9-10H2,1-2H3,(H,15,17). The summed E-state index contributed by atoms with van der Waals surface area (Å²) in [5, 5.41) is 12.7. The maximum atomic E-state index is 4.11. The van der Waals surface area contributed by atoms with Crippen LogP contribution in [0.3, 0.4) is 0 Å². The number of anilines is 1. The number of aromatic nitrogens is 2. The molecule has 0 atom stereocenters. The Bertz CT molecular complexity index is 491. The molecule has 0 bridgehead atoms. The summed E-state index contributed by atoms with van der Waals surface area (Å²) in [7, 11) is 4.21. The van der Waals surface area contributed by atoms with E-state index in [2.05, 4.69) is 40.6 Å². The number of unbranched alkanes of at least 4 members (excludes halogenated alkanes) is 1. The SMILES string of the molecule is CN(C)CCCCNc1cnnc2ccccc12. The number of fused-ring (bicyclic) bond motifs is 1. The quantitative estimate of drug-likeness (QED) is 0.792. The molecule has 1 aromatic heterocycles. The Labute approximate surface area is 108 Å². The lowest BCUT2D eigenvalue weighted by molar-refractivity contribution is 0.396. The van der Waals surface area contributed by atoms with Gasteiger partial charge >= 0.3 is 0 Å². The molecule has 1 N–H and O–H groups in total. The topological polar surface area (TPSA) is 41.0 Å². The number of rotatable bonds is 6. The van der Waals surface area contributed by atoms with Crippen LogP contribution in [0, 0.1) is 0 Å². The number of benzene rings is 1. The van der Waals surface area contributed by atoms with E-state index in [0.29, 0.717) is 0 Å². The molecule has 0 fully saturated rings. The molecule has 0 aliphatic rings. The van der Waals surface area contributed by atoms with E-state index in [9.17, 15) is 0 Å². The molecule has 0 unspecified atom stereocenters. The summed E-state index contributed by atoms with van der Waals surface area (Å²) in [5.74, 6) is 0. The Morgan fingerprint density at radius 1 is 1.17 bits per heavy atom. The van der Waals surface area contributed by atoms with Crippen LogP contribution in [0.1, 0.15) is 12.8 Å². The molecule has 0 saturated carbocycles. The Balaban J connectivity index is 1.91. The third-order valence-electron chi connectivity index (χ3n) is 2.89. The lowest BCUT2D eigenvalue weighted by Crippen LogP contribution is -2.14. The Hall–Kier alpha value is -1.68. The van der Waals surface area contributed by atoms with Gasteiger partial charge in [0.1, 0.15) is 0 Å². The van der Waals surface area contributed by atoms with Crippen molar-refractivity contribution in [3.05, 3.63) is 30.5 Å². The Kier molecular flexibility index (Phi) is 4.47. The van der Waals surface area contributed by atoms with Gasteiger partial charge in [0.05, 0.1) is 17.4 Å². The molecule has 0 amide bonds. The van der Waals surface area contributed by atoms with E-state index in [4.69, 9.17) is 0 Å². The average molecular weight is 244 g/mol. The van der Waals surface area contributed by atoms with Gasteiger partial charge in [-0.05, 0) is 39.5 Å². The molecule has 2 rings (SSSR count). The predicted octanol–water partition coefficient (Wildman–Crippen LogP) is 2.38. The molecule has 1 aromatic carbocycles. The summed E-state index contributed by atoms with van der Waals surface area (Å²) < 4.78 is 0. The van der Waals surface area contributed by atoms with E-state index in [1.807, 2.05) is 18.2 Å². The normalized spacial score (nSPS) is 11.1. The van der Waals surface area contributed by atoms with Crippen molar-refractivity contribution in [3.63, 3.8) is 0 Å². The van der Waals surface area contributed by atoms with Gasteiger partial charge in [0.15, 0.2) is 0 Å². The van der Waals surface area contributed by atoms with Crippen LogP contribution in [0.2, 0.25) is 0 Å². The second-order valence-corrected chi connectivity index (χ2v) is 4.71. The first-order valence-electron chi connectivity index (χ1n) is 6.36. The third kappa shape index (κ3) is 3.40. The molecule has 0 spiro atoms. The van der Waals surface area contributed by atoms with Crippen LogP contribution in [0.4, 0.5) is 5.69 Å². The highest BCUT2D eigenvalue weighted by Crippen LogP contribution is 2.19. The molecular weight excluding hydrogens is 224 g/mol.